The van der Waals surface area contributed by atoms with Crippen LogP contribution in [0.5, 0.6) is 0 Å². The van der Waals surface area contributed by atoms with Gasteiger partial charge in [-0.1, -0.05) is 25.4 Å². The average molecular weight is 326 g/mol. The van der Waals surface area contributed by atoms with Crippen LogP contribution in [0, 0.1) is 5.41 Å². The van der Waals surface area contributed by atoms with Crippen LogP contribution in [-0.2, 0) is 4.74 Å². The van der Waals surface area contributed by atoms with Crippen LogP contribution >= 0.6 is 11.6 Å². The van der Waals surface area contributed by atoms with E-state index in [1.54, 1.807) is 13.0 Å². The maximum absolute atomic E-state index is 12.0. The van der Waals surface area contributed by atoms with Gasteiger partial charge in [0, 0.05) is 31.9 Å². The molecule has 22 heavy (non-hydrogen) atoms. The molecule has 2 rings (SSSR count). The smallest absolute Gasteiger partial charge is 0.339 e. The molecule has 1 heterocycles. The van der Waals surface area contributed by atoms with Crippen molar-refractivity contribution in [1.82, 2.24) is 5.01 Å². The zero-order chi connectivity index (χ0) is 16.3. The lowest BCUT2D eigenvalue weighted by Gasteiger charge is -2.31. The molecule has 0 amide bonds. The fourth-order valence-corrected chi connectivity index (χ4v) is 3.01. The van der Waals surface area contributed by atoms with Gasteiger partial charge in [0.2, 0.25) is 0 Å². The topological polar surface area (TPSA) is 58.8 Å². The van der Waals surface area contributed by atoms with Gasteiger partial charge in [-0.3, -0.25) is 5.84 Å². The molecule has 0 bridgehead atoms. The van der Waals surface area contributed by atoms with Gasteiger partial charge < -0.3 is 9.64 Å². The van der Waals surface area contributed by atoms with Gasteiger partial charge in [0.15, 0.2) is 0 Å². The van der Waals surface area contributed by atoms with Gasteiger partial charge >= 0.3 is 5.97 Å². The maximum atomic E-state index is 12.0. The van der Waals surface area contributed by atoms with Crippen LogP contribution in [0.4, 0.5) is 5.69 Å². The molecule has 5 nitrogen and oxygen atoms in total. The van der Waals surface area contributed by atoms with E-state index in [9.17, 15) is 4.79 Å². The van der Waals surface area contributed by atoms with E-state index in [1.165, 1.54) is 0 Å². The monoisotopic (exact) mass is 325 g/mol. The van der Waals surface area contributed by atoms with Crippen molar-refractivity contribution in [2.75, 3.05) is 37.7 Å². The highest BCUT2D eigenvalue weighted by Crippen LogP contribution is 2.28. The van der Waals surface area contributed by atoms with Crippen LogP contribution in [0.2, 0.25) is 5.02 Å². The number of carbonyl (C=O) groups is 1. The first-order valence-corrected chi connectivity index (χ1v) is 7.91. The van der Waals surface area contributed by atoms with Crippen molar-refractivity contribution < 1.29 is 9.53 Å². The zero-order valence-electron chi connectivity index (χ0n) is 13.4. The minimum atomic E-state index is -0.385. The number of anilines is 1. The normalized spacial score (nSPS) is 18.9. The summed E-state index contributed by atoms with van der Waals surface area (Å²) in [6.07, 6.45) is 0. The quantitative estimate of drug-likeness (QED) is 0.683. The summed E-state index contributed by atoms with van der Waals surface area (Å²) < 4.78 is 5.06. The molecule has 0 unspecified atom stereocenters. The number of halogens is 1. The summed E-state index contributed by atoms with van der Waals surface area (Å²) in [4.78, 5) is 14.2. The van der Waals surface area contributed by atoms with Crippen molar-refractivity contribution in [3.8, 4) is 0 Å². The summed E-state index contributed by atoms with van der Waals surface area (Å²) in [6, 6.07) is 5.50. The highest BCUT2D eigenvalue weighted by atomic mass is 35.5. The first-order valence-electron chi connectivity index (χ1n) is 7.53. The minimum absolute atomic E-state index is 0.0645. The highest BCUT2D eigenvalue weighted by Gasteiger charge is 2.28. The number of benzene rings is 1. The Morgan fingerprint density at radius 2 is 2.09 bits per heavy atom. The van der Waals surface area contributed by atoms with E-state index in [0.717, 1.165) is 31.9 Å². The zero-order valence-corrected chi connectivity index (χ0v) is 14.2. The van der Waals surface area contributed by atoms with E-state index in [2.05, 4.69) is 18.7 Å². The summed E-state index contributed by atoms with van der Waals surface area (Å²) >= 11 is 6.13. The fraction of sp³-hybridized carbons (Fsp3) is 0.562. The molecule has 1 aromatic carbocycles. The third-order valence-electron chi connectivity index (χ3n) is 3.72. The Bertz CT molecular complexity index is 548. The van der Waals surface area contributed by atoms with Crippen LogP contribution in [0.3, 0.4) is 0 Å². The molecule has 1 saturated heterocycles. The van der Waals surface area contributed by atoms with E-state index in [1.807, 2.05) is 17.1 Å². The van der Waals surface area contributed by atoms with Crippen LogP contribution < -0.4 is 10.7 Å². The SMILES string of the molecule is CCOC(=O)c1cc(N2CCN(N)CC(C)(C)C2)ccc1Cl. The predicted molar refractivity (Wildman–Crippen MR) is 89.2 cm³/mol. The Kier molecular flexibility index (Phi) is 5.32. The maximum Gasteiger partial charge on any atom is 0.339 e. The molecule has 6 heteroatoms. The van der Waals surface area contributed by atoms with E-state index in [4.69, 9.17) is 22.2 Å². The Morgan fingerprint density at radius 1 is 1.36 bits per heavy atom. The first kappa shape index (κ1) is 17.1. The molecule has 0 spiro atoms. The lowest BCUT2D eigenvalue weighted by Crippen LogP contribution is -2.39. The molecule has 2 N–H and O–H groups in total. The number of hydrogen-bond donors (Lipinski definition) is 1. The Hall–Kier alpha value is -1.30. The van der Waals surface area contributed by atoms with Gasteiger partial charge in [0.25, 0.3) is 0 Å². The van der Waals surface area contributed by atoms with E-state index in [-0.39, 0.29) is 11.4 Å². The number of nitrogens with zero attached hydrogens (tertiary/aromatic N) is 2. The number of carbonyl (C=O) groups excluding carboxylic acids is 1. The van der Waals surface area contributed by atoms with Crippen molar-refractivity contribution in [1.29, 1.82) is 0 Å². The molecule has 0 aliphatic carbocycles. The van der Waals surface area contributed by atoms with E-state index in [0.29, 0.717) is 17.2 Å². The number of hydrazine groups is 1. The Balaban J connectivity index is 2.28. The van der Waals surface area contributed by atoms with Crippen LogP contribution in [0.15, 0.2) is 18.2 Å². The second-order valence-corrected chi connectivity index (χ2v) is 6.85. The summed E-state index contributed by atoms with van der Waals surface area (Å²) in [5.74, 6) is 5.62. The van der Waals surface area contributed by atoms with Crippen LogP contribution in [0.1, 0.15) is 31.1 Å². The molecule has 122 valence electrons. The largest absolute Gasteiger partial charge is 0.462 e. The Morgan fingerprint density at radius 3 is 2.77 bits per heavy atom. The molecule has 1 aliphatic heterocycles. The van der Waals surface area contributed by atoms with Crippen molar-refractivity contribution in [2.45, 2.75) is 20.8 Å². The number of hydrogen-bond acceptors (Lipinski definition) is 5. The molecular weight excluding hydrogens is 302 g/mol. The number of nitrogens with two attached hydrogens (primary N) is 1. The summed E-state index contributed by atoms with van der Waals surface area (Å²) in [5, 5.41) is 2.26. The predicted octanol–water partition coefficient (Wildman–Crippen LogP) is 2.54. The van der Waals surface area contributed by atoms with Crippen molar-refractivity contribution >= 4 is 23.3 Å². The standard InChI is InChI=1S/C16H24ClN3O2/c1-4-22-15(21)13-9-12(5-6-14(13)17)19-7-8-20(18)11-16(2,3)10-19/h5-6,9H,4,7-8,10-11,18H2,1-3H3. The summed E-state index contributed by atoms with van der Waals surface area (Å²) in [6.45, 7) is 9.78. The lowest BCUT2D eigenvalue weighted by atomic mass is 9.93. The second-order valence-electron chi connectivity index (χ2n) is 6.44. The van der Waals surface area contributed by atoms with Crippen LogP contribution in [-0.4, -0.2) is 43.8 Å². The number of ether oxygens (including phenoxy) is 1. The molecule has 1 aliphatic rings. The lowest BCUT2D eigenvalue weighted by molar-refractivity contribution is 0.0526. The Labute approximate surface area is 136 Å². The molecular formula is C16H24ClN3O2. The average Bonchev–Trinajstić information content (AvgIpc) is 2.57. The van der Waals surface area contributed by atoms with Crippen molar-refractivity contribution in [3.05, 3.63) is 28.8 Å². The minimum Gasteiger partial charge on any atom is -0.462 e. The third kappa shape index (κ3) is 4.12. The molecule has 0 radical (unpaired) electrons. The molecule has 1 aromatic rings. The summed E-state index contributed by atoms with van der Waals surface area (Å²) in [5.41, 5.74) is 1.44. The molecule has 0 saturated carbocycles. The van der Waals surface area contributed by atoms with E-state index >= 15 is 0 Å². The van der Waals surface area contributed by atoms with Gasteiger partial charge in [-0.05, 0) is 30.5 Å². The fourth-order valence-electron chi connectivity index (χ4n) is 2.82. The molecule has 0 atom stereocenters. The van der Waals surface area contributed by atoms with Crippen molar-refractivity contribution in [2.24, 2.45) is 11.3 Å². The first-order chi connectivity index (χ1) is 10.3. The molecule has 0 aromatic heterocycles. The number of rotatable bonds is 3. The number of esters is 1. The second kappa shape index (κ2) is 6.86. The van der Waals surface area contributed by atoms with Crippen molar-refractivity contribution in [3.63, 3.8) is 0 Å². The summed E-state index contributed by atoms with van der Waals surface area (Å²) in [7, 11) is 0. The third-order valence-corrected chi connectivity index (χ3v) is 4.05. The van der Waals surface area contributed by atoms with Gasteiger partial charge in [-0.15, -0.1) is 0 Å². The van der Waals surface area contributed by atoms with Gasteiger partial charge in [-0.25, -0.2) is 9.80 Å². The van der Waals surface area contributed by atoms with Crippen LogP contribution in [0.25, 0.3) is 0 Å². The highest BCUT2D eigenvalue weighted by molar-refractivity contribution is 6.33. The van der Waals surface area contributed by atoms with Gasteiger partial charge in [0.1, 0.15) is 0 Å². The van der Waals surface area contributed by atoms with E-state index < -0.39 is 0 Å². The molecule has 1 fully saturated rings. The van der Waals surface area contributed by atoms with Gasteiger partial charge in [0.05, 0.1) is 17.2 Å². The van der Waals surface area contributed by atoms with Gasteiger partial charge in [-0.2, -0.15) is 0 Å².